The van der Waals surface area contributed by atoms with E-state index in [2.05, 4.69) is 0 Å². The first-order valence-electron chi connectivity index (χ1n) is 4.19. The molecule has 1 aliphatic rings. The minimum Gasteiger partial charge on any atom is -0.496 e. The van der Waals surface area contributed by atoms with Gasteiger partial charge in [0.25, 0.3) is 0 Å². The number of hydrogen-bond acceptors (Lipinski definition) is 2. The zero-order chi connectivity index (χ0) is 9.42. The number of hydrogen-bond donors (Lipinski definition) is 1. The summed E-state index contributed by atoms with van der Waals surface area (Å²) in [6, 6.07) is 5.71. The molecule has 0 bridgehead atoms. The monoisotopic (exact) mass is 177 g/mol. The zero-order valence-electron chi connectivity index (χ0n) is 7.41. The van der Waals surface area contributed by atoms with Gasteiger partial charge in [0.15, 0.2) is 0 Å². The summed E-state index contributed by atoms with van der Waals surface area (Å²) in [6.07, 6.45) is 0.717. The first-order chi connectivity index (χ1) is 6.24. The molecule has 0 aliphatic heterocycles. The summed E-state index contributed by atoms with van der Waals surface area (Å²) in [7, 11) is 1.63. The first-order valence-corrected chi connectivity index (χ1v) is 4.19. The van der Waals surface area contributed by atoms with Crippen LogP contribution in [0.5, 0.6) is 5.75 Å². The fraction of sp³-hybridized carbons (Fsp3) is 0.300. The highest BCUT2D eigenvalue weighted by Crippen LogP contribution is 2.40. The maximum absolute atomic E-state index is 10.9. The third-order valence-corrected chi connectivity index (χ3v) is 2.52. The fourth-order valence-electron chi connectivity index (χ4n) is 1.76. The molecule has 0 spiro atoms. The van der Waals surface area contributed by atoms with Crippen molar-refractivity contribution in [1.29, 1.82) is 0 Å². The third kappa shape index (κ3) is 1.08. The van der Waals surface area contributed by atoms with Crippen LogP contribution in [0.2, 0.25) is 0 Å². The van der Waals surface area contributed by atoms with E-state index < -0.39 is 0 Å². The van der Waals surface area contributed by atoms with E-state index in [4.69, 9.17) is 10.5 Å². The summed E-state index contributed by atoms with van der Waals surface area (Å²) >= 11 is 0. The number of primary amides is 1. The van der Waals surface area contributed by atoms with E-state index in [-0.39, 0.29) is 11.8 Å². The standard InChI is InChI=1S/C10H11NO2/c1-13-9-4-2-3-6-7(9)5-8(6)10(11)12/h2-4,8H,5H2,1H3,(H2,11,12). The number of rotatable bonds is 2. The average Bonchev–Trinajstić information content (AvgIpc) is 2.05. The van der Waals surface area contributed by atoms with Crippen molar-refractivity contribution in [3.05, 3.63) is 29.3 Å². The van der Waals surface area contributed by atoms with Crippen molar-refractivity contribution in [1.82, 2.24) is 0 Å². The molecule has 1 aromatic carbocycles. The van der Waals surface area contributed by atoms with Crippen LogP contribution < -0.4 is 10.5 Å². The lowest BCUT2D eigenvalue weighted by atomic mass is 9.76. The maximum Gasteiger partial charge on any atom is 0.225 e. The molecule has 0 saturated carbocycles. The van der Waals surface area contributed by atoms with Crippen molar-refractivity contribution in [2.75, 3.05) is 7.11 Å². The summed E-state index contributed by atoms with van der Waals surface area (Å²) in [6.45, 7) is 0. The Morgan fingerprint density at radius 3 is 3.00 bits per heavy atom. The Bertz CT molecular complexity index is 360. The van der Waals surface area contributed by atoms with Crippen LogP contribution in [-0.2, 0) is 11.2 Å². The Kier molecular flexibility index (Phi) is 1.72. The number of amides is 1. The summed E-state index contributed by atoms with van der Waals surface area (Å²) in [5.74, 6) is 0.501. The maximum atomic E-state index is 10.9. The highest BCUT2D eigenvalue weighted by molar-refractivity contribution is 5.86. The van der Waals surface area contributed by atoms with Gasteiger partial charge in [-0.05, 0) is 23.6 Å². The van der Waals surface area contributed by atoms with Gasteiger partial charge >= 0.3 is 0 Å². The van der Waals surface area contributed by atoms with Crippen LogP contribution in [-0.4, -0.2) is 13.0 Å². The normalized spacial score (nSPS) is 18.7. The molecule has 0 heterocycles. The molecule has 3 heteroatoms. The Balaban J connectivity index is 2.39. The van der Waals surface area contributed by atoms with E-state index in [0.29, 0.717) is 6.42 Å². The molecule has 13 heavy (non-hydrogen) atoms. The number of carbonyl (C=O) groups is 1. The lowest BCUT2D eigenvalue weighted by molar-refractivity contribution is -0.119. The lowest BCUT2D eigenvalue weighted by Crippen LogP contribution is -2.30. The van der Waals surface area contributed by atoms with Gasteiger partial charge in [0.2, 0.25) is 5.91 Å². The second-order valence-electron chi connectivity index (χ2n) is 3.19. The summed E-state index contributed by atoms with van der Waals surface area (Å²) < 4.78 is 5.15. The van der Waals surface area contributed by atoms with Gasteiger partial charge in [-0.2, -0.15) is 0 Å². The van der Waals surface area contributed by atoms with Gasteiger partial charge < -0.3 is 10.5 Å². The zero-order valence-corrected chi connectivity index (χ0v) is 7.41. The van der Waals surface area contributed by atoms with Gasteiger partial charge in [-0.15, -0.1) is 0 Å². The van der Waals surface area contributed by atoms with Crippen LogP contribution in [0.4, 0.5) is 0 Å². The van der Waals surface area contributed by atoms with Gasteiger partial charge in [-0.3, -0.25) is 4.79 Å². The van der Waals surface area contributed by atoms with Crippen molar-refractivity contribution in [2.24, 2.45) is 5.73 Å². The molecule has 0 aromatic heterocycles. The molecule has 1 aromatic rings. The summed E-state index contributed by atoms with van der Waals surface area (Å²) in [5.41, 5.74) is 7.36. The molecule has 0 saturated heterocycles. The van der Waals surface area contributed by atoms with Gasteiger partial charge in [0.05, 0.1) is 13.0 Å². The second-order valence-corrected chi connectivity index (χ2v) is 3.19. The molecule has 2 rings (SSSR count). The SMILES string of the molecule is COc1cccc2c1CC2C(N)=O. The van der Waals surface area contributed by atoms with Crippen LogP contribution in [0, 0.1) is 0 Å². The quantitative estimate of drug-likeness (QED) is 0.727. The molecule has 1 unspecified atom stereocenters. The number of ether oxygens (including phenoxy) is 1. The van der Waals surface area contributed by atoms with E-state index in [9.17, 15) is 4.79 Å². The van der Waals surface area contributed by atoms with Crippen LogP contribution in [0.3, 0.4) is 0 Å². The number of fused-ring (bicyclic) bond motifs is 1. The molecule has 2 N–H and O–H groups in total. The minimum atomic E-state index is -0.249. The average molecular weight is 177 g/mol. The van der Waals surface area contributed by atoms with Gasteiger partial charge in [0, 0.05) is 0 Å². The van der Waals surface area contributed by atoms with Crippen molar-refractivity contribution in [3.8, 4) is 5.75 Å². The van der Waals surface area contributed by atoms with Crippen molar-refractivity contribution in [3.63, 3.8) is 0 Å². The molecule has 1 amide bonds. The number of carbonyl (C=O) groups excluding carboxylic acids is 1. The predicted molar refractivity (Wildman–Crippen MR) is 48.6 cm³/mol. The van der Waals surface area contributed by atoms with Crippen LogP contribution in [0.25, 0.3) is 0 Å². The van der Waals surface area contributed by atoms with E-state index >= 15 is 0 Å². The van der Waals surface area contributed by atoms with Gasteiger partial charge in [0.1, 0.15) is 5.75 Å². The molecule has 68 valence electrons. The van der Waals surface area contributed by atoms with E-state index in [1.54, 1.807) is 7.11 Å². The van der Waals surface area contributed by atoms with Crippen molar-refractivity contribution < 1.29 is 9.53 Å². The lowest BCUT2D eigenvalue weighted by Gasteiger charge is -2.28. The fourth-order valence-corrected chi connectivity index (χ4v) is 1.76. The highest BCUT2D eigenvalue weighted by atomic mass is 16.5. The van der Waals surface area contributed by atoms with E-state index in [1.165, 1.54) is 0 Å². The predicted octanol–water partition coefficient (Wildman–Crippen LogP) is 0.820. The molecule has 3 nitrogen and oxygen atoms in total. The van der Waals surface area contributed by atoms with Crippen LogP contribution in [0.1, 0.15) is 17.0 Å². The van der Waals surface area contributed by atoms with Crippen LogP contribution >= 0.6 is 0 Å². The van der Waals surface area contributed by atoms with Crippen molar-refractivity contribution >= 4 is 5.91 Å². The minimum absolute atomic E-state index is 0.106. The molecular weight excluding hydrogens is 166 g/mol. The molecular formula is C10H11NO2. The third-order valence-electron chi connectivity index (χ3n) is 2.52. The molecule has 1 aliphatic carbocycles. The Morgan fingerprint density at radius 1 is 1.62 bits per heavy atom. The summed E-state index contributed by atoms with van der Waals surface area (Å²) in [4.78, 5) is 10.9. The van der Waals surface area contributed by atoms with Gasteiger partial charge in [-0.1, -0.05) is 12.1 Å². The molecule has 1 atom stereocenters. The van der Waals surface area contributed by atoms with E-state index in [0.717, 1.165) is 16.9 Å². The summed E-state index contributed by atoms with van der Waals surface area (Å²) in [5, 5.41) is 0. The highest BCUT2D eigenvalue weighted by Gasteiger charge is 2.32. The number of benzene rings is 1. The smallest absolute Gasteiger partial charge is 0.225 e. The number of nitrogens with two attached hydrogens (primary N) is 1. The van der Waals surface area contributed by atoms with Crippen molar-refractivity contribution in [2.45, 2.75) is 12.3 Å². The van der Waals surface area contributed by atoms with Crippen LogP contribution in [0.15, 0.2) is 18.2 Å². The van der Waals surface area contributed by atoms with Gasteiger partial charge in [-0.25, -0.2) is 0 Å². The molecule has 0 radical (unpaired) electrons. The first kappa shape index (κ1) is 8.10. The molecule has 0 fully saturated rings. The number of methoxy groups -OCH3 is 1. The largest absolute Gasteiger partial charge is 0.496 e. The Hall–Kier alpha value is -1.51. The Morgan fingerprint density at radius 2 is 2.38 bits per heavy atom. The second kappa shape index (κ2) is 2.76. The Labute approximate surface area is 76.5 Å². The van der Waals surface area contributed by atoms with E-state index in [1.807, 2.05) is 18.2 Å². The topological polar surface area (TPSA) is 52.3 Å².